The molecular formula is C10H6N4O2. The Labute approximate surface area is 89.9 Å². The number of fused-ring (bicyclic) bond motifs is 1. The number of nitrogens with zero attached hydrogens (tertiary/aromatic N) is 3. The number of rotatable bonds is 2. The second-order valence-corrected chi connectivity index (χ2v) is 3.09. The molecule has 0 aromatic heterocycles. The number of benzene rings is 1. The number of carbonyl (C=O) groups is 2. The van der Waals surface area contributed by atoms with Crippen molar-refractivity contribution in [1.82, 2.24) is 0 Å². The molecule has 0 bridgehead atoms. The molecule has 0 radical (unpaired) electrons. The Morgan fingerprint density at radius 3 is 2.88 bits per heavy atom. The highest BCUT2D eigenvalue weighted by molar-refractivity contribution is 5.92. The van der Waals surface area contributed by atoms with Crippen LogP contribution in [-0.2, 0) is 4.79 Å². The molecule has 0 saturated carbocycles. The summed E-state index contributed by atoms with van der Waals surface area (Å²) >= 11 is 0. The highest BCUT2D eigenvalue weighted by Crippen LogP contribution is 2.01. The van der Waals surface area contributed by atoms with E-state index in [0.717, 1.165) is 0 Å². The van der Waals surface area contributed by atoms with Crippen molar-refractivity contribution < 1.29 is 9.59 Å². The molecule has 0 saturated heterocycles. The average molecular weight is 214 g/mol. The van der Waals surface area contributed by atoms with Gasteiger partial charge in [-0.15, -0.1) is 0 Å². The monoisotopic (exact) mass is 214 g/mol. The van der Waals surface area contributed by atoms with Gasteiger partial charge in [0.15, 0.2) is 0 Å². The Bertz CT molecular complexity index is 627. The summed E-state index contributed by atoms with van der Waals surface area (Å²) in [4.78, 5) is 29.3. The number of hydrogen-bond donors (Lipinski definition) is 1. The van der Waals surface area contributed by atoms with E-state index in [1.54, 1.807) is 24.3 Å². The van der Waals surface area contributed by atoms with Crippen LogP contribution in [0.3, 0.4) is 0 Å². The molecule has 1 aliphatic rings. The van der Waals surface area contributed by atoms with E-state index in [9.17, 15) is 9.59 Å². The molecule has 1 aromatic rings. The van der Waals surface area contributed by atoms with Crippen molar-refractivity contribution in [3.63, 3.8) is 0 Å². The zero-order valence-electron chi connectivity index (χ0n) is 8.10. The van der Waals surface area contributed by atoms with E-state index in [1.807, 2.05) is 0 Å². The van der Waals surface area contributed by atoms with Crippen LogP contribution in [0.25, 0.3) is 0 Å². The van der Waals surface area contributed by atoms with Crippen LogP contribution in [0.2, 0.25) is 0 Å². The van der Waals surface area contributed by atoms with E-state index in [2.05, 4.69) is 15.3 Å². The fraction of sp³-hybridized carbons (Fsp3) is 0.100. The SMILES string of the molecule is N#CCC(=O)Nc1ccc2c(c1)=NC(=O)N=2. The van der Waals surface area contributed by atoms with Crippen LogP contribution in [0.4, 0.5) is 10.5 Å². The molecule has 6 nitrogen and oxygen atoms in total. The number of anilines is 1. The minimum absolute atomic E-state index is 0.211. The van der Waals surface area contributed by atoms with Gasteiger partial charge in [0, 0.05) is 5.69 Å². The van der Waals surface area contributed by atoms with Gasteiger partial charge in [-0.05, 0) is 18.2 Å². The first-order valence-corrected chi connectivity index (χ1v) is 4.47. The summed E-state index contributed by atoms with van der Waals surface area (Å²) in [5, 5.41) is 11.7. The minimum Gasteiger partial charge on any atom is -0.325 e. The van der Waals surface area contributed by atoms with Crippen LogP contribution >= 0.6 is 0 Å². The average Bonchev–Trinajstić information content (AvgIpc) is 2.57. The first kappa shape index (κ1) is 9.98. The minimum atomic E-state index is -0.546. The van der Waals surface area contributed by atoms with Gasteiger partial charge in [-0.1, -0.05) is 0 Å². The number of urea groups is 1. The van der Waals surface area contributed by atoms with E-state index < -0.39 is 11.9 Å². The maximum Gasteiger partial charge on any atom is 0.368 e. The lowest BCUT2D eigenvalue weighted by atomic mass is 10.3. The molecule has 1 N–H and O–H groups in total. The predicted octanol–water partition coefficient (Wildman–Crippen LogP) is -0.0884. The number of nitrogens with one attached hydrogen (secondary N) is 1. The molecule has 1 aromatic carbocycles. The summed E-state index contributed by atoms with van der Waals surface area (Å²) in [5.41, 5.74) is 0.493. The van der Waals surface area contributed by atoms with E-state index >= 15 is 0 Å². The summed E-state index contributed by atoms with van der Waals surface area (Å²) in [5.74, 6) is -0.399. The van der Waals surface area contributed by atoms with Gasteiger partial charge in [0.2, 0.25) is 5.91 Å². The molecule has 0 fully saturated rings. The molecule has 6 heteroatoms. The van der Waals surface area contributed by atoms with Gasteiger partial charge in [-0.2, -0.15) is 15.2 Å². The van der Waals surface area contributed by atoms with Crippen LogP contribution in [0.15, 0.2) is 28.2 Å². The molecule has 0 unspecified atom stereocenters. The van der Waals surface area contributed by atoms with Gasteiger partial charge in [0.1, 0.15) is 6.42 Å². The molecule has 0 spiro atoms. The Balaban J connectivity index is 2.29. The molecular weight excluding hydrogens is 208 g/mol. The van der Waals surface area contributed by atoms with Crippen molar-refractivity contribution in [3.8, 4) is 6.07 Å². The van der Waals surface area contributed by atoms with Gasteiger partial charge in [-0.3, -0.25) is 4.79 Å². The van der Waals surface area contributed by atoms with Crippen molar-refractivity contribution in [2.75, 3.05) is 5.32 Å². The molecule has 1 heterocycles. The standard InChI is InChI=1S/C10H6N4O2/c11-4-3-9(15)12-6-1-2-7-8(5-6)14-10(16)13-7/h1-2,5H,3H2,(H,12,15). The number of carbonyl (C=O) groups excluding carboxylic acids is 2. The van der Waals surface area contributed by atoms with Crippen molar-refractivity contribution in [1.29, 1.82) is 5.26 Å². The smallest absolute Gasteiger partial charge is 0.325 e. The highest BCUT2D eigenvalue weighted by Gasteiger charge is 2.06. The van der Waals surface area contributed by atoms with E-state index in [1.165, 1.54) is 0 Å². The van der Waals surface area contributed by atoms with Crippen LogP contribution < -0.4 is 16.0 Å². The third-order valence-electron chi connectivity index (χ3n) is 1.93. The first-order valence-electron chi connectivity index (χ1n) is 4.47. The van der Waals surface area contributed by atoms with Crippen molar-refractivity contribution in [2.24, 2.45) is 9.98 Å². The highest BCUT2D eigenvalue weighted by atomic mass is 16.2. The Morgan fingerprint density at radius 2 is 2.12 bits per heavy atom. The quantitative estimate of drug-likeness (QED) is 0.745. The molecule has 0 atom stereocenters. The maximum atomic E-state index is 11.1. The van der Waals surface area contributed by atoms with Gasteiger partial charge in [0.05, 0.1) is 16.8 Å². The third-order valence-corrected chi connectivity index (χ3v) is 1.93. The molecule has 2 rings (SSSR count). The van der Waals surface area contributed by atoms with Crippen molar-refractivity contribution in [3.05, 3.63) is 28.9 Å². The molecule has 78 valence electrons. The summed E-state index contributed by atoms with van der Waals surface area (Å²) in [6.07, 6.45) is -0.211. The molecule has 16 heavy (non-hydrogen) atoms. The Kier molecular flexibility index (Phi) is 2.44. The Hall–Kier alpha value is -2.55. The van der Waals surface area contributed by atoms with Crippen LogP contribution in [-0.4, -0.2) is 11.9 Å². The third kappa shape index (κ3) is 1.93. The summed E-state index contributed by atoms with van der Waals surface area (Å²) in [6.45, 7) is 0. The van der Waals surface area contributed by atoms with Gasteiger partial charge >= 0.3 is 6.03 Å². The summed E-state index contributed by atoms with van der Waals surface area (Å²) in [7, 11) is 0. The van der Waals surface area contributed by atoms with E-state index in [0.29, 0.717) is 16.4 Å². The van der Waals surface area contributed by atoms with Gasteiger partial charge in [-0.25, -0.2) is 4.79 Å². The molecule has 3 amide bonds. The predicted molar refractivity (Wildman–Crippen MR) is 53.0 cm³/mol. The lowest BCUT2D eigenvalue weighted by Crippen LogP contribution is -2.22. The van der Waals surface area contributed by atoms with Crippen LogP contribution in [0.1, 0.15) is 6.42 Å². The zero-order valence-corrected chi connectivity index (χ0v) is 8.10. The number of amides is 3. The molecule has 1 aliphatic heterocycles. The van der Waals surface area contributed by atoms with Gasteiger partial charge in [0.25, 0.3) is 0 Å². The first-order chi connectivity index (χ1) is 7.69. The van der Waals surface area contributed by atoms with Crippen molar-refractivity contribution >= 4 is 17.6 Å². The molecule has 0 aliphatic carbocycles. The lowest BCUT2D eigenvalue weighted by molar-refractivity contribution is -0.115. The normalized spacial score (nSPS) is 12.1. The van der Waals surface area contributed by atoms with Gasteiger partial charge < -0.3 is 5.32 Å². The number of hydrogen-bond acceptors (Lipinski definition) is 3. The Morgan fingerprint density at radius 1 is 1.38 bits per heavy atom. The summed E-state index contributed by atoms with van der Waals surface area (Å²) < 4.78 is 0. The largest absolute Gasteiger partial charge is 0.368 e. The van der Waals surface area contributed by atoms with E-state index in [-0.39, 0.29) is 6.42 Å². The fourth-order valence-corrected chi connectivity index (χ4v) is 1.29. The lowest BCUT2D eigenvalue weighted by Gasteiger charge is -2.00. The van der Waals surface area contributed by atoms with Crippen LogP contribution in [0, 0.1) is 11.3 Å². The fourth-order valence-electron chi connectivity index (χ4n) is 1.29. The van der Waals surface area contributed by atoms with Crippen molar-refractivity contribution in [2.45, 2.75) is 6.42 Å². The second kappa shape index (κ2) is 3.90. The summed E-state index contributed by atoms with van der Waals surface area (Å²) in [6, 6.07) is 5.93. The second-order valence-electron chi connectivity index (χ2n) is 3.09. The zero-order chi connectivity index (χ0) is 11.5. The van der Waals surface area contributed by atoms with E-state index in [4.69, 9.17) is 5.26 Å². The maximum absolute atomic E-state index is 11.1. The topological polar surface area (TPSA) is 94.7 Å². The number of nitriles is 1. The van der Waals surface area contributed by atoms with Crippen LogP contribution in [0.5, 0.6) is 0 Å².